The second kappa shape index (κ2) is 7.03. The summed E-state index contributed by atoms with van der Waals surface area (Å²) < 4.78 is 8.00. The van der Waals surface area contributed by atoms with Crippen LogP contribution in [0.5, 0.6) is 0 Å². The van der Waals surface area contributed by atoms with Gasteiger partial charge >= 0.3 is 0 Å². The van der Waals surface area contributed by atoms with Gasteiger partial charge in [-0.15, -0.1) is 0 Å². The summed E-state index contributed by atoms with van der Waals surface area (Å²) in [5, 5.41) is 3.36. The molecule has 96 valence electrons. The molecule has 1 saturated heterocycles. The normalized spacial score (nSPS) is 20.6. The average molecular weight is 255 g/mol. The minimum absolute atomic E-state index is 0.173. The zero-order valence-corrected chi connectivity index (χ0v) is 11.2. The number of morpholine rings is 1. The summed E-state index contributed by atoms with van der Waals surface area (Å²) in [6, 6.07) is 0. The number of imidazole rings is 1. The SMILES string of the molecule is CSCCCCn1cncc1C1CNCCO1. The van der Waals surface area contributed by atoms with Crippen LogP contribution in [0.15, 0.2) is 12.5 Å². The monoisotopic (exact) mass is 255 g/mol. The Labute approximate surface area is 107 Å². The fourth-order valence-corrected chi connectivity index (χ4v) is 2.56. The van der Waals surface area contributed by atoms with Gasteiger partial charge in [0.05, 0.1) is 24.8 Å². The molecule has 1 aromatic heterocycles. The van der Waals surface area contributed by atoms with Gasteiger partial charge in [-0.1, -0.05) is 0 Å². The maximum absolute atomic E-state index is 5.76. The van der Waals surface area contributed by atoms with Crippen LogP contribution in [0.3, 0.4) is 0 Å². The topological polar surface area (TPSA) is 39.1 Å². The predicted octanol–water partition coefficient (Wildman–Crippen LogP) is 1.69. The van der Waals surface area contributed by atoms with Crippen molar-refractivity contribution in [2.45, 2.75) is 25.5 Å². The first kappa shape index (κ1) is 12.9. The van der Waals surface area contributed by atoms with Gasteiger partial charge in [-0.2, -0.15) is 11.8 Å². The van der Waals surface area contributed by atoms with Crippen molar-refractivity contribution in [1.29, 1.82) is 0 Å². The molecule has 1 aromatic rings. The Balaban J connectivity index is 1.87. The van der Waals surface area contributed by atoms with Gasteiger partial charge in [0.1, 0.15) is 6.10 Å². The number of ether oxygens (including phenoxy) is 1. The molecule has 1 unspecified atom stereocenters. The first-order valence-electron chi connectivity index (χ1n) is 6.23. The summed E-state index contributed by atoms with van der Waals surface area (Å²) in [4.78, 5) is 4.25. The number of aryl methyl sites for hydroxylation is 1. The number of hydrogen-bond acceptors (Lipinski definition) is 4. The van der Waals surface area contributed by atoms with Crippen molar-refractivity contribution < 1.29 is 4.74 Å². The van der Waals surface area contributed by atoms with Crippen LogP contribution in [0.25, 0.3) is 0 Å². The van der Waals surface area contributed by atoms with E-state index in [4.69, 9.17) is 4.74 Å². The van der Waals surface area contributed by atoms with Crippen LogP contribution in [0.2, 0.25) is 0 Å². The molecule has 0 amide bonds. The molecule has 1 aliphatic heterocycles. The molecule has 2 heterocycles. The lowest BCUT2D eigenvalue weighted by molar-refractivity contribution is 0.0227. The number of nitrogens with one attached hydrogen (secondary N) is 1. The second-order valence-electron chi connectivity index (χ2n) is 4.28. The number of nitrogens with zero attached hydrogens (tertiary/aromatic N) is 2. The third-order valence-electron chi connectivity index (χ3n) is 3.00. The molecule has 2 rings (SSSR count). The molecule has 1 aliphatic rings. The molecule has 0 aliphatic carbocycles. The van der Waals surface area contributed by atoms with Crippen LogP contribution in [-0.2, 0) is 11.3 Å². The van der Waals surface area contributed by atoms with Crippen LogP contribution in [0.1, 0.15) is 24.6 Å². The van der Waals surface area contributed by atoms with Gasteiger partial charge in [0.2, 0.25) is 0 Å². The zero-order valence-electron chi connectivity index (χ0n) is 10.4. The molecule has 0 aromatic carbocycles. The highest BCUT2D eigenvalue weighted by atomic mass is 32.2. The van der Waals surface area contributed by atoms with Gasteiger partial charge in [0.25, 0.3) is 0 Å². The molecule has 17 heavy (non-hydrogen) atoms. The molecule has 5 heteroatoms. The van der Waals surface area contributed by atoms with Crippen molar-refractivity contribution in [3.63, 3.8) is 0 Å². The summed E-state index contributed by atoms with van der Waals surface area (Å²) in [6.07, 6.45) is 8.67. The number of hydrogen-bond donors (Lipinski definition) is 1. The van der Waals surface area contributed by atoms with Crippen LogP contribution < -0.4 is 5.32 Å². The van der Waals surface area contributed by atoms with E-state index in [0.717, 1.165) is 26.2 Å². The highest BCUT2D eigenvalue weighted by Gasteiger charge is 2.18. The molecule has 0 spiro atoms. The lowest BCUT2D eigenvalue weighted by atomic mass is 10.2. The third-order valence-corrected chi connectivity index (χ3v) is 3.70. The van der Waals surface area contributed by atoms with E-state index in [1.165, 1.54) is 24.3 Å². The van der Waals surface area contributed by atoms with Crippen molar-refractivity contribution in [1.82, 2.24) is 14.9 Å². The van der Waals surface area contributed by atoms with Gasteiger partial charge in [-0.3, -0.25) is 0 Å². The largest absolute Gasteiger partial charge is 0.369 e. The van der Waals surface area contributed by atoms with Crippen molar-refractivity contribution in [3.8, 4) is 0 Å². The van der Waals surface area contributed by atoms with Crippen molar-refractivity contribution in [3.05, 3.63) is 18.2 Å². The lowest BCUT2D eigenvalue weighted by Crippen LogP contribution is -2.34. The average Bonchev–Trinajstić information content (AvgIpc) is 2.84. The third kappa shape index (κ3) is 3.72. The van der Waals surface area contributed by atoms with Gasteiger partial charge in [-0.05, 0) is 24.9 Å². The molecule has 1 fully saturated rings. The fraction of sp³-hybridized carbons (Fsp3) is 0.750. The smallest absolute Gasteiger partial charge is 0.111 e. The Kier molecular flexibility index (Phi) is 5.35. The van der Waals surface area contributed by atoms with E-state index < -0.39 is 0 Å². The Morgan fingerprint density at radius 3 is 3.29 bits per heavy atom. The number of unbranched alkanes of at least 4 members (excludes halogenated alkanes) is 1. The van der Waals surface area contributed by atoms with Crippen LogP contribution >= 0.6 is 11.8 Å². The van der Waals surface area contributed by atoms with Crippen molar-refractivity contribution in [2.75, 3.05) is 31.7 Å². The van der Waals surface area contributed by atoms with Crippen molar-refractivity contribution in [2.24, 2.45) is 0 Å². The Morgan fingerprint density at radius 1 is 1.59 bits per heavy atom. The molecular weight excluding hydrogens is 234 g/mol. The van der Waals surface area contributed by atoms with E-state index in [1.807, 2.05) is 24.3 Å². The molecular formula is C12H21N3OS. The maximum Gasteiger partial charge on any atom is 0.111 e. The summed E-state index contributed by atoms with van der Waals surface area (Å²) in [5.41, 5.74) is 1.21. The van der Waals surface area contributed by atoms with Gasteiger partial charge in [0.15, 0.2) is 0 Å². The summed E-state index contributed by atoms with van der Waals surface area (Å²) in [7, 11) is 0. The highest BCUT2D eigenvalue weighted by molar-refractivity contribution is 7.98. The van der Waals surface area contributed by atoms with Gasteiger partial charge in [0, 0.05) is 19.6 Å². The molecule has 4 nitrogen and oxygen atoms in total. The zero-order chi connectivity index (χ0) is 11.9. The van der Waals surface area contributed by atoms with E-state index in [1.54, 1.807) is 0 Å². The molecule has 0 saturated carbocycles. The summed E-state index contributed by atoms with van der Waals surface area (Å²) >= 11 is 1.91. The standard InChI is InChI=1S/C12H21N3OS/c1-17-7-3-2-5-15-10-14-8-11(15)12-9-13-4-6-16-12/h8,10,12-13H,2-7,9H2,1H3. The van der Waals surface area contributed by atoms with E-state index >= 15 is 0 Å². The van der Waals surface area contributed by atoms with Crippen molar-refractivity contribution >= 4 is 11.8 Å². The van der Waals surface area contributed by atoms with E-state index in [2.05, 4.69) is 21.1 Å². The van der Waals surface area contributed by atoms with E-state index in [0.29, 0.717) is 0 Å². The quantitative estimate of drug-likeness (QED) is 0.785. The summed E-state index contributed by atoms with van der Waals surface area (Å²) in [5.74, 6) is 1.24. The van der Waals surface area contributed by atoms with Crippen LogP contribution in [-0.4, -0.2) is 41.3 Å². The molecule has 1 atom stereocenters. The fourth-order valence-electron chi connectivity index (χ4n) is 2.07. The Hall–Kier alpha value is -0.520. The predicted molar refractivity (Wildman–Crippen MR) is 71.4 cm³/mol. The van der Waals surface area contributed by atoms with Gasteiger partial charge < -0.3 is 14.6 Å². The Bertz CT molecular complexity index is 323. The van der Waals surface area contributed by atoms with Crippen LogP contribution in [0, 0.1) is 0 Å². The minimum Gasteiger partial charge on any atom is -0.369 e. The summed E-state index contributed by atoms with van der Waals surface area (Å²) in [6.45, 7) is 3.70. The lowest BCUT2D eigenvalue weighted by Gasteiger charge is -2.24. The first-order chi connectivity index (χ1) is 8.42. The highest BCUT2D eigenvalue weighted by Crippen LogP contribution is 2.18. The number of rotatable bonds is 6. The number of thioether (sulfide) groups is 1. The molecule has 1 N–H and O–H groups in total. The number of aromatic nitrogens is 2. The molecule has 0 bridgehead atoms. The van der Waals surface area contributed by atoms with E-state index in [9.17, 15) is 0 Å². The second-order valence-corrected chi connectivity index (χ2v) is 5.26. The first-order valence-corrected chi connectivity index (χ1v) is 7.62. The van der Waals surface area contributed by atoms with Gasteiger partial charge in [-0.25, -0.2) is 4.98 Å². The van der Waals surface area contributed by atoms with Crippen LogP contribution in [0.4, 0.5) is 0 Å². The minimum atomic E-state index is 0.173. The van der Waals surface area contributed by atoms with E-state index in [-0.39, 0.29) is 6.10 Å². The Morgan fingerprint density at radius 2 is 2.53 bits per heavy atom. The molecule has 0 radical (unpaired) electrons. The maximum atomic E-state index is 5.76.